The minimum atomic E-state index is -0.269. The van der Waals surface area contributed by atoms with Crippen molar-refractivity contribution in [3.63, 3.8) is 0 Å². The Morgan fingerprint density at radius 3 is 2.32 bits per heavy atom. The van der Waals surface area contributed by atoms with E-state index in [4.69, 9.17) is 0 Å². The van der Waals surface area contributed by atoms with Gasteiger partial charge < -0.3 is 0 Å². The van der Waals surface area contributed by atoms with E-state index in [1.165, 1.54) is 4.90 Å². The normalized spacial score (nSPS) is 18.1. The largest absolute Gasteiger partial charge is 0.274 e. The maximum Gasteiger partial charge on any atom is 0.237 e. The van der Waals surface area contributed by atoms with Gasteiger partial charge in [-0.1, -0.05) is 45.8 Å². The lowest BCUT2D eigenvalue weighted by molar-refractivity contribution is -0.122. The third kappa shape index (κ3) is 2.97. The Labute approximate surface area is 138 Å². The highest BCUT2D eigenvalue weighted by molar-refractivity contribution is 9.10. The molecule has 0 N–H and O–H groups in total. The van der Waals surface area contributed by atoms with Crippen LogP contribution in [0.3, 0.4) is 0 Å². The lowest BCUT2D eigenvalue weighted by atomic mass is 9.98. The number of aryl methyl sites for hydroxylation is 1. The van der Waals surface area contributed by atoms with Crippen LogP contribution in [0.2, 0.25) is 0 Å². The first kappa shape index (κ1) is 15.0. The zero-order valence-electron chi connectivity index (χ0n) is 12.3. The maximum atomic E-state index is 12.6. The highest BCUT2D eigenvalue weighted by atomic mass is 79.9. The first-order chi connectivity index (χ1) is 10.5. The first-order valence-electron chi connectivity index (χ1n) is 7.22. The Morgan fingerprint density at radius 1 is 1.05 bits per heavy atom. The molecule has 4 heteroatoms. The van der Waals surface area contributed by atoms with Crippen molar-refractivity contribution in [3.05, 3.63) is 64.1 Å². The van der Waals surface area contributed by atoms with Crippen LogP contribution in [0.25, 0.3) is 0 Å². The number of carbonyl (C=O) groups is 2. The van der Waals surface area contributed by atoms with Gasteiger partial charge in [0.15, 0.2) is 0 Å². The van der Waals surface area contributed by atoms with Gasteiger partial charge in [-0.3, -0.25) is 14.5 Å². The van der Waals surface area contributed by atoms with Crippen LogP contribution in [0.1, 0.15) is 17.5 Å². The van der Waals surface area contributed by atoms with Gasteiger partial charge in [0.1, 0.15) is 0 Å². The highest BCUT2D eigenvalue weighted by Gasteiger charge is 2.39. The number of benzene rings is 2. The molecule has 0 bridgehead atoms. The molecule has 2 aromatic rings. The fourth-order valence-electron chi connectivity index (χ4n) is 2.72. The second-order valence-electron chi connectivity index (χ2n) is 5.63. The third-order valence-electron chi connectivity index (χ3n) is 3.93. The average Bonchev–Trinajstić information content (AvgIpc) is 2.77. The average molecular weight is 358 g/mol. The van der Waals surface area contributed by atoms with Crippen molar-refractivity contribution in [1.29, 1.82) is 0 Å². The summed E-state index contributed by atoms with van der Waals surface area (Å²) in [6, 6.07) is 15.4. The molecule has 3 nitrogen and oxygen atoms in total. The van der Waals surface area contributed by atoms with Gasteiger partial charge >= 0.3 is 0 Å². The van der Waals surface area contributed by atoms with Gasteiger partial charge in [-0.2, -0.15) is 0 Å². The molecule has 1 fully saturated rings. The number of anilines is 1. The van der Waals surface area contributed by atoms with Crippen LogP contribution in [0, 0.1) is 12.8 Å². The monoisotopic (exact) mass is 357 g/mol. The second kappa shape index (κ2) is 6.05. The minimum absolute atomic E-state index is 0.100. The second-order valence-corrected chi connectivity index (χ2v) is 6.55. The van der Waals surface area contributed by atoms with Crippen LogP contribution in [-0.4, -0.2) is 11.8 Å². The van der Waals surface area contributed by atoms with E-state index in [2.05, 4.69) is 15.9 Å². The number of amides is 2. The molecule has 1 atom stereocenters. The van der Waals surface area contributed by atoms with E-state index < -0.39 is 0 Å². The molecule has 2 aromatic carbocycles. The van der Waals surface area contributed by atoms with E-state index in [1.54, 1.807) is 0 Å². The van der Waals surface area contributed by atoms with Crippen molar-refractivity contribution in [2.24, 2.45) is 5.92 Å². The standard InChI is InChI=1S/C18H16BrNO2/c1-12-2-8-16(9-3-12)20-17(21)11-14(18(20)22)10-13-4-6-15(19)7-5-13/h2-9,14H,10-11H2,1H3. The molecule has 22 heavy (non-hydrogen) atoms. The fourth-order valence-corrected chi connectivity index (χ4v) is 2.99. The molecule has 1 aliphatic heterocycles. The van der Waals surface area contributed by atoms with E-state index in [0.29, 0.717) is 12.1 Å². The quantitative estimate of drug-likeness (QED) is 0.781. The Balaban J connectivity index is 1.79. The van der Waals surface area contributed by atoms with E-state index >= 15 is 0 Å². The van der Waals surface area contributed by atoms with Crippen LogP contribution in [-0.2, 0) is 16.0 Å². The minimum Gasteiger partial charge on any atom is -0.274 e. The number of rotatable bonds is 3. The van der Waals surface area contributed by atoms with Crippen molar-refractivity contribution >= 4 is 33.4 Å². The summed E-state index contributed by atoms with van der Waals surface area (Å²) >= 11 is 3.40. The highest BCUT2D eigenvalue weighted by Crippen LogP contribution is 2.29. The third-order valence-corrected chi connectivity index (χ3v) is 4.46. The molecule has 0 saturated carbocycles. The summed E-state index contributed by atoms with van der Waals surface area (Å²) in [5.74, 6) is -0.484. The summed E-state index contributed by atoms with van der Waals surface area (Å²) in [4.78, 5) is 26.1. The number of carbonyl (C=O) groups excluding carboxylic acids is 2. The molecule has 0 aliphatic carbocycles. The van der Waals surface area contributed by atoms with Crippen molar-refractivity contribution in [1.82, 2.24) is 0 Å². The first-order valence-corrected chi connectivity index (χ1v) is 8.02. The zero-order chi connectivity index (χ0) is 15.7. The van der Waals surface area contributed by atoms with Gasteiger partial charge in [-0.15, -0.1) is 0 Å². The Hall–Kier alpha value is -1.94. The Bertz CT molecular complexity index is 707. The van der Waals surface area contributed by atoms with Crippen LogP contribution < -0.4 is 4.90 Å². The van der Waals surface area contributed by atoms with Crippen molar-refractivity contribution in [3.8, 4) is 0 Å². The molecule has 112 valence electrons. The van der Waals surface area contributed by atoms with Gasteiger partial charge in [-0.05, 0) is 43.2 Å². The van der Waals surface area contributed by atoms with Crippen molar-refractivity contribution in [2.75, 3.05) is 4.90 Å². The summed E-state index contributed by atoms with van der Waals surface area (Å²) < 4.78 is 1.01. The Morgan fingerprint density at radius 2 is 1.68 bits per heavy atom. The summed E-state index contributed by atoms with van der Waals surface area (Å²) in [5, 5.41) is 0. The van der Waals surface area contributed by atoms with E-state index in [-0.39, 0.29) is 24.2 Å². The predicted octanol–water partition coefficient (Wildman–Crippen LogP) is 3.88. The number of nitrogens with zero attached hydrogens (tertiary/aromatic N) is 1. The van der Waals surface area contributed by atoms with Gasteiger partial charge in [0.25, 0.3) is 0 Å². The van der Waals surface area contributed by atoms with Crippen molar-refractivity contribution in [2.45, 2.75) is 19.8 Å². The molecular weight excluding hydrogens is 342 g/mol. The zero-order valence-corrected chi connectivity index (χ0v) is 13.8. The number of imide groups is 1. The van der Waals surface area contributed by atoms with Gasteiger partial charge in [0, 0.05) is 10.9 Å². The fraction of sp³-hybridized carbons (Fsp3) is 0.222. The summed E-state index contributed by atoms with van der Waals surface area (Å²) in [5.41, 5.74) is 2.84. The van der Waals surface area contributed by atoms with Gasteiger partial charge in [0.2, 0.25) is 11.8 Å². The molecule has 2 amide bonds. The van der Waals surface area contributed by atoms with Crippen LogP contribution >= 0.6 is 15.9 Å². The molecule has 1 saturated heterocycles. The number of hydrogen-bond donors (Lipinski definition) is 0. The molecular formula is C18H16BrNO2. The van der Waals surface area contributed by atoms with Crippen molar-refractivity contribution < 1.29 is 9.59 Å². The van der Waals surface area contributed by atoms with E-state index in [0.717, 1.165) is 15.6 Å². The summed E-state index contributed by atoms with van der Waals surface area (Å²) in [6.07, 6.45) is 0.878. The molecule has 0 spiro atoms. The summed E-state index contributed by atoms with van der Waals surface area (Å²) in [7, 11) is 0. The SMILES string of the molecule is Cc1ccc(N2C(=O)CC(Cc3ccc(Br)cc3)C2=O)cc1. The van der Waals surface area contributed by atoms with E-state index in [9.17, 15) is 9.59 Å². The van der Waals surface area contributed by atoms with Gasteiger partial charge in [0.05, 0.1) is 11.6 Å². The number of halogens is 1. The molecule has 0 radical (unpaired) electrons. The lowest BCUT2D eigenvalue weighted by Gasteiger charge is -2.15. The molecule has 3 rings (SSSR count). The molecule has 1 aliphatic rings. The molecule has 0 aromatic heterocycles. The lowest BCUT2D eigenvalue weighted by Crippen LogP contribution is -2.30. The molecule has 1 heterocycles. The predicted molar refractivity (Wildman–Crippen MR) is 89.6 cm³/mol. The van der Waals surface area contributed by atoms with Crippen LogP contribution in [0.15, 0.2) is 53.0 Å². The summed E-state index contributed by atoms with van der Waals surface area (Å²) in [6.45, 7) is 1.98. The smallest absolute Gasteiger partial charge is 0.237 e. The van der Waals surface area contributed by atoms with Crippen LogP contribution in [0.4, 0.5) is 5.69 Å². The van der Waals surface area contributed by atoms with Crippen LogP contribution in [0.5, 0.6) is 0 Å². The Kier molecular flexibility index (Phi) is 4.12. The van der Waals surface area contributed by atoms with Gasteiger partial charge in [-0.25, -0.2) is 0 Å². The maximum absolute atomic E-state index is 12.6. The van der Waals surface area contributed by atoms with E-state index in [1.807, 2.05) is 55.5 Å². The number of hydrogen-bond acceptors (Lipinski definition) is 2. The molecule has 1 unspecified atom stereocenters. The topological polar surface area (TPSA) is 37.4 Å².